The van der Waals surface area contributed by atoms with E-state index in [0.29, 0.717) is 17.0 Å². The highest BCUT2D eigenvalue weighted by Crippen LogP contribution is 2.42. The number of piperidine rings is 1. The Bertz CT molecular complexity index is 1080. The number of aromatic nitrogens is 2. The second-order valence-corrected chi connectivity index (χ2v) is 7.44. The van der Waals surface area contributed by atoms with Gasteiger partial charge in [-0.15, -0.1) is 0 Å². The van der Waals surface area contributed by atoms with E-state index in [1.54, 1.807) is 11.6 Å². The number of amides is 1. The Hall–Kier alpha value is -2.82. The van der Waals surface area contributed by atoms with Crippen LogP contribution in [-0.2, 0) is 13.5 Å². The zero-order valence-electron chi connectivity index (χ0n) is 14.7. The van der Waals surface area contributed by atoms with Crippen LogP contribution in [0.25, 0.3) is 11.0 Å². The molecule has 0 spiro atoms. The Labute approximate surface area is 151 Å². The number of aryl methyl sites for hydroxylation is 1. The maximum absolute atomic E-state index is 13.3. The Morgan fingerprint density at radius 1 is 1.19 bits per heavy atom. The third-order valence-corrected chi connectivity index (χ3v) is 6.07. The van der Waals surface area contributed by atoms with Crippen LogP contribution < -0.4 is 5.69 Å². The molecule has 0 radical (unpaired) electrons. The van der Waals surface area contributed by atoms with Crippen molar-refractivity contribution in [3.8, 4) is 0 Å². The molecule has 3 aromatic rings. The van der Waals surface area contributed by atoms with Gasteiger partial charge in [-0.1, -0.05) is 24.3 Å². The fourth-order valence-corrected chi connectivity index (χ4v) is 4.77. The first-order valence-electron chi connectivity index (χ1n) is 9.21. The number of nitrogens with zero attached hydrogens (tertiary/aromatic N) is 2. The van der Waals surface area contributed by atoms with Gasteiger partial charge in [-0.3, -0.25) is 9.36 Å². The largest absolute Gasteiger partial charge is 0.335 e. The van der Waals surface area contributed by atoms with E-state index in [1.807, 2.05) is 18.2 Å². The van der Waals surface area contributed by atoms with Crippen LogP contribution >= 0.6 is 0 Å². The number of H-pyrrole nitrogens is 1. The van der Waals surface area contributed by atoms with Gasteiger partial charge in [0.05, 0.1) is 11.0 Å². The molecule has 26 heavy (non-hydrogen) atoms. The van der Waals surface area contributed by atoms with Crippen molar-refractivity contribution in [3.05, 3.63) is 69.6 Å². The number of aromatic amines is 1. The molecular formula is C21H21N3O2. The van der Waals surface area contributed by atoms with Crippen molar-refractivity contribution in [2.75, 3.05) is 6.54 Å². The van der Waals surface area contributed by atoms with Crippen LogP contribution in [0.4, 0.5) is 0 Å². The highest BCUT2D eigenvalue weighted by Gasteiger charge is 2.40. The summed E-state index contributed by atoms with van der Waals surface area (Å²) in [6.45, 7) is 0.803. The van der Waals surface area contributed by atoms with Crippen LogP contribution in [0.3, 0.4) is 0 Å². The number of rotatable bonds is 1. The number of benzene rings is 2. The standard InChI is InChI=1S/C21H21N3O2/c1-23-18-9-8-14(11-17(18)22-21(23)26)20(25)24-10-4-7-16-15-6-3-2-5-13(15)12-19(16)24/h2-3,5-6,8-9,11,16,19H,4,7,10,12H2,1H3,(H,22,26)/t16-,19?/m1/s1. The summed E-state index contributed by atoms with van der Waals surface area (Å²) in [5, 5.41) is 0. The van der Waals surface area contributed by atoms with Gasteiger partial charge in [0.1, 0.15) is 0 Å². The number of fused-ring (bicyclic) bond motifs is 4. The zero-order chi connectivity index (χ0) is 17.8. The molecule has 5 rings (SSSR count). The minimum absolute atomic E-state index is 0.0686. The van der Waals surface area contributed by atoms with E-state index >= 15 is 0 Å². The first-order valence-corrected chi connectivity index (χ1v) is 9.21. The normalized spacial score (nSPS) is 21.7. The van der Waals surface area contributed by atoms with Gasteiger partial charge in [0.25, 0.3) is 5.91 Å². The minimum atomic E-state index is -0.158. The minimum Gasteiger partial charge on any atom is -0.335 e. The highest BCUT2D eigenvalue weighted by molar-refractivity contribution is 5.97. The van der Waals surface area contributed by atoms with Crippen molar-refractivity contribution in [2.24, 2.45) is 7.05 Å². The summed E-state index contributed by atoms with van der Waals surface area (Å²) in [7, 11) is 1.73. The molecule has 5 nitrogen and oxygen atoms in total. The van der Waals surface area contributed by atoms with Crippen molar-refractivity contribution >= 4 is 16.9 Å². The molecule has 5 heteroatoms. The Morgan fingerprint density at radius 2 is 2.04 bits per heavy atom. The van der Waals surface area contributed by atoms with Crippen LogP contribution in [0.2, 0.25) is 0 Å². The molecule has 1 aliphatic carbocycles. The number of hydrogen-bond acceptors (Lipinski definition) is 2. The molecule has 2 heterocycles. The van der Waals surface area contributed by atoms with E-state index in [9.17, 15) is 9.59 Å². The zero-order valence-corrected chi connectivity index (χ0v) is 14.7. The van der Waals surface area contributed by atoms with Crippen molar-refractivity contribution in [1.82, 2.24) is 14.5 Å². The lowest BCUT2D eigenvalue weighted by Crippen LogP contribution is -2.46. The molecule has 0 saturated carbocycles. The van der Waals surface area contributed by atoms with Gasteiger partial charge in [0.2, 0.25) is 0 Å². The first-order chi connectivity index (χ1) is 12.6. The van der Waals surface area contributed by atoms with E-state index in [-0.39, 0.29) is 17.6 Å². The van der Waals surface area contributed by atoms with E-state index < -0.39 is 0 Å². The topological polar surface area (TPSA) is 58.1 Å². The predicted molar refractivity (Wildman–Crippen MR) is 100 cm³/mol. The molecule has 1 amide bonds. The monoisotopic (exact) mass is 347 g/mol. The number of imidazole rings is 1. The summed E-state index contributed by atoms with van der Waals surface area (Å²) in [6.07, 6.45) is 3.12. The average Bonchev–Trinajstić information content (AvgIpc) is 3.18. The number of carbonyl (C=O) groups is 1. The van der Waals surface area contributed by atoms with Crippen LogP contribution in [0.15, 0.2) is 47.3 Å². The molecule has 1 unspecified atom stereocenters. The van der Waals surface area contributed by atoms with Gasteiger partial charge in [0.15, 0.2) is 0 Å². The SMILES string of the molecule is Cn1c(=O)[nH]c2cc(C(=O)N3CCC[C@@H]4c5ccccc5CC43)ccc21. The Morgan fingerprint density at radius 3 is 2.92 bits per heavy atom. The second-order valence-electron chi connectivity index (χ2n) is 7.44. The van der Waals surface area contributed by atoms with E-state index in [0.717, 1.165) is 31.3 Å². The molecule has 1 N–H and O–H groups in total. The van der Waals surface area contributed by atoms with Crippen LogP contribution in [0.1, 0.15) is 40.2 Å². The molecule has 0 bridgehead atoms. The highest BCUT2D eigenvalue weighted by atomic mass is 16.2. The van der Waals surface area contributed by atoms with E-state index in [4.69, 9.17) is 0 Å². The third kappa shape index (κ3) is 2.16. The van der Waals surface area contributed by atoms with Gasteiger partial charge in [-0.05, 0) is 48.6 Å². The Balaban J connectivity index is 1.50. The van der Waals surface area contributed by atoms with E-state index in [2.05, 4.69) is 34.1 Å². The van der Waals surface area contributed by atoms with Crippen molar-refractivity contribution in [1.29, 1.82) is 0 Å². The van der Waals surface area contributed by atoms with Crippen molar-refractivity contribution in [2.45, 2.75) is 31.2 Å². The maximum Gasteiger partial charge on any atom is 0.326 e. The average molecular weight is 347 g/mol. The molecule has 1 fully saturated rings. The summed E-state index contributed by atoms with van der Waals surface area (Å²) in [6, 6.07) is 14.3. The van der Waals surface area contributed by atoms with Gasteiger partial charge < -0.3 is 9.88 Å². The smallest absolute Gasteiger partial charge is 0.326 e. The van der Waals surface area contributed by atoms with Crippen LogP contribution in [0.5, 0.6) is 0 Å². The Kier molecular flexibility index (Phi) is 3.32. The van der Waals surface area contributed by atoms with Gasteiger partial charge in [0, 0.05) is 31.1 Å². The second kappa shape index (κ2) is 5.59. The summed E-state index contributed by atoms with van der Waals surface area (Å²) < 4.78 is 1.56. The number of nitrogens with one attached hydrogen (secondary N) is 1. The summed E-state index contributed by atoms with van der Waals surface area (Å²) in [5.74, 6) is 0.517. The lowest BCUT2D eigenvalue weighted by atomic mass is 9.88. The van der Waals surface area contributed by atoms with Gasteiger partial charge in [-0.2, -0.15) is 0 Å². The number of likely N-dealkylation sites (tertiary alicyclic amines) is 1. The van der Waals surface area contributed by atoms with Crippen LogP contribution in [-0.4, -0.2) is 32.9 Å². The molecule has 1 aromatic heterocycles. The quantitative estimate of drug-likeness (QED) is 0.736. The lowest BCUT2D eigenvalue weighted by molar-refractivity contribution is 0.0595. The molecule has 1 saturated heterocycles. The summed E-state index contributed by atoms with van der Waals surface area (Å²) in [5.41, 5.74) is 4.82. The van der Waals surface area contributed by atoms with E-state index in [1.165, 1.54) is 11.1 Å². The van der Waals surface area contributed by atoms with Crippen LogP contribution in [0, 0.1) is 0 Å². The number of carbonyl (C=O) groups excluding carboxylic acids is 1. The molecule has 2 aliphatic rings. The fourth-order valence-electron chi connectivity index (χ4n) is 4.77. The molecular weight excluding hydrogens is 326 g/mol. The molecule has 2 atom stereocenters. The van der Waals surface area contributed by atoms with Gasteiger partial charge >= 0.3 is 5.69 Å². The summed E-state index contributed by atoms with van der Waals surface area (Å²) >= 11 is 0. The van der Waals surface area contributed by atoms with Gasteiger partial charge in [-0.25, -0.2) is 4.79 Å². The van der Waals surface area contributed by atoms with Crippen molar-refractivity contribution < 1.29 is 4.79 Å². The molecule has 132 valence electrons. The lowest BCUT2D eigenvalue weighted by Gasteiger charge is -2.38. The third-order valence-electron chi connectivity index (χ3n) is 6.07. The summed E-state index contributed by atoms with van der Waals surface area (Å²) in [4.78, 5) is 29.9. The fraction of sp³-hybridized carbons (Fsp3) is 0.333. The number of hydrogen-bond donors (Lipinski definition) is 1. The maximum atomic E-state index is 13.3. The first kappa shape index (κ1) is 15.4. The molecule has 1 aliphatic heterocycles. The predicted octanol–water partition coefficient (Wildman–Crippen LogP) is 2.81. The molecule has 2 aromatic carbocycles. The van der Waals surface area contributed by atoms with Crippen molar-refractivity contribution in [3.63, 3.8) is 0 Å².